The molecular weight excluding hydrogens is 447 g/mol. The summed E-state index contributed by atoms with van der Waals surface area (Å²) in [6, 6.07) is 14.0. The molecule has 0 spiro atoms. The van der Waals surface area contributed by atoms with E-state index in [1.54, 1.807) is 41.7 Å². The Labute approximate surface area is 183 Å². The molecule has 11 heteroatoms. The Morgan fingerprint density at radius 1 is 1.03 bits per heavy atom. The molecule has 3 rings (SSSR count). The van der Waals surface area contributed by atoms with Gasteiger partial charge in [-0.2, -0.15) is 13.2 Å². The molecule has 2 aromatic rings. The van der Waals surface area contributed by atoms with Gasteiger partial charge in [0, 0.05) is 11.4 Å². The standard InChI is InChI=1S/C21H22F3N3O4S/c22-21(23,24)14-26-20(29)17-8-4-5-9-18(17)25-12-19(28)27(15-6-2-1-3-7-15)16-10-11-32(30,31)13-16/h1-9,16,25H,10-14H2,(H,26,29)/t16-/m1/s1. The lowest BCUT2D eigenvalue weighted by Gasteiger charge is -2.29. The van der Waals surface area contributed by atoms with E-state index < -0.39 is 40.4 Å². The van der Waals surface area contributed by atoms with Crippen molar-refractivity contribution >= 4 is 33.0 Å². The van der Waals surface area contributed by atoms with Crippen LogP contribution in [0, 0.1) is 0 Å². The molecule has 1 atom stereocenters. The van der Waals surface area contributed by atoms with Crippen LogP contribution in [0.4, 0.5) is 24.5 Å². The molecule has 0 saturated carbocycles. The van der Waals surface area contributed by atoms with E-state index in [1.165, 1.54) is 23.1 Å². The Balaban J connectivity index is 1.75. The van der Waals surface area contributed by atoms with Gasteiger partial charge in [-0.25, -0.2) is 8.42 Å². The van der Waals surface area contributed by atoms with Crippen LogP contribution < -0.4 is 15.5 Å². The molecule has 7 nitrogen and oxygen atoms in total. The molecule has 1 aliphatic rings. The minimum atomic E-state index is -4.55. The summed E-state index contributed by atoms with van der Waals surface area (Å²) in [5, 5.41) is 4.61. The van der Waals surface area contributed by atoms with Gasteiger partial charge in [0.1, 0.15) is 6.54 Å². The first-order valence-electron chi connectivity index (χ1n) is 9.81. The van der Waals surface area contributed by atoms with Gasteiger partial charge in [-0.1, -0.05) is 30.3 Å². The highest BCUT2D eigenvalue weighted by molar-refractivity contribution is 7.91. The number of amides is 2. The maximum absolute atomic E-state index is 13.1. The Morgan fingerprint density at radius 2 is 1.69 bits per heavy atom. The van der Waals surface area contributed by atoms with Crippen LogP contribution in [0.5, 0.6) is 0 Å². The molecule has 0 unspecified atom stereocenters. The number of nitrogens with zero attached hydrogens (tertiary/aromatic N) is 1. The second kappa shape index (κ2) is 9.60. The van der Waals surface area contributed by atoms with E-state index in [0.29, 0.717) is 12.1 Å². The van der Waals surface area contributed by atoms with Gasteiger partial charge in [0.05, 0.1) is 29.7 Å². The Kier molecular flexibility index (Phi) is 7.07. The molecule has 2 amide bonds. The van der Waals surface area contributed by atoms with Crippen LogP contribution >= 0.6 is 0 Å². The van der Waals surface area contributed by atoms with Gasteiger partial charge in [-0.3, -0.25) is 9.59 Å². The molecule has 172 valence electrons. The van der Waals surface area contributed by atoms with Crippen molar-refractivity contribution in [3.8, 4) is 0 Å². The number of carbonyl (C=O) groups excluding carboxylic acids is 2. The number of anilines is 2. The lowest BCUT2D eigenvalue weighted by molar-refractivity contribution is -0.123. The Bertz CT molecular complexity index is 1080. The SMILES string of the molecule is O=C(NCC(F)(F)F)c1ccccc1NCC(=O)N(c1ccccc1)[C@@H]1CCS(=O)(=O)C1. The molecule has 1 heterocycles. The number of halogens is 3. The molecule has 1 saturated heterocycles. The number of hydrogen-bond donors (Lipinski definition) is 2. The van der Waals surface area contributed by atoms with Crippen LogP contribution in [0.1, 0.15) is 16.8 Å². The molecular formula is C21H22F3N3O4S. The summed E-state index contributed by atoms with van der Waals surface area (Å²) in [6.07, 6.45) is -4.24. The highest BCUT2D eigenvalue weighted by Gasteiger charge is 2.35. The predicted octanol–water partition coefficient (Wildman–Crippen LogP) is 2.61. The predicted molar refractivity (Wildman–Crippen MR) is 114 cm³/mol. The van der Waals surface area contributed by atoms with Gasteiger partial charge in [-0.05, 0) is 30.7 Å². The van der Waals surface area contributed by atoms with E-state index in [0.717, 1.165) is 0 Å². The zero-order valence-corrected chi connectivity index (χ0v) is 17.7. The zero-order chi connectivity index (χ0) is 23.4. The average Bonchev–Trinajstić information content (AvgIpc) is 3.10. The fourth-order valence-corrected chi connectivity index (χ4v) is 5.19. The summed E-state index contributed by atoms with van der Waals surface area (Å²) in [6.45, 7) is -1.76. The number of para-hydroxylation sites is 2. The monoisotopic (exact) mass is 469 g/mol. The second-order valence-corrected chi connectivity index (χ2v) is 9.58. The van der Waals surface area contributed by atoms with E-state index in [4.69, 9.17) is 0 Å². The third-order valence-electron chi connectivity index (χ3n) is 4.93. The number of nitrogens with one attached hydrogen (secondary N) is 2. The van der Waals surface area contributed by atoms with Crippen LogP contribution in [0.3, 0.4) is 0 Å². The fourth-order valence-electron chi connectivity index (χ4n) is 3.49. The largest absolute Gasteiger partial charge is 0.405 e. The van der Waals surface area contributed by atoms with Gasteiger partial charge >= 0.3 is 6.18 Å². The quantitative estimate of drug-likeness (QED) is 0.650. The molecule has 0 aliphatic carbocycles. The van der Waals surface area contributed by atoms with Crippen LogP contribution in [0.2, 0.25) is 0 Å². The van der Waals surface area contributed by atoms with Gasteiger partial charge in [0.15, 0.2) is 9.84 Å². The van der Waals surface area contributed by atoms with E-state index in [2.05, 4.69) is 5.32 Å². The van der Waals surface area contributed by atoms with E-state index in [1.807, 2.05) is 0 Å². The molecule has 32 heavy (non-hydrogen) atoms. The average molecular weight is 469 g/mol. The van der Waals surface area contributed by atoms with Crippen molar-refractivity contribution in [1.82, 2.24) is 5.32 Å². The van der Waals surface area contributed by atoms with Crippen molar-refractivity contribution in [3.05, 3.63) is 60.2 Å². The normalized spacial score (nSPS) is 17.5. The first-order chi connectivity index (χ1) is 15.1. The molecule has 0 radical (unpaired) electrons. The molecule has 0 aromatic heterocycles. The number of hydrogen-bond acceptors (Lipinski definition) is 5. The topological polar surface area (TPSA) is 95.6 Å². The third-order valence-corrected chi connectivity index (χ3v) is 6.68. The molecule has 2 aromatic carbocycles. The lowest BCUT2D eigenvalue weighted by atomic mass is 10.1. The third kappa shape index (κ3) is 6.22. The van der Waals surface area contributed by atoms with Gasteiger partial charge < -0.3 is 15.5 Å². The smallest absolute Gasteiger partial charge is 0.375 e. The zero-order valence-electron chi connectivity index (χ0n) is 16.9. The Hall–Kier alpha value is -3.08. The number of rotatable bonds is 7. The summed E-state index contributed by atoms with van der Waals surface area (Å²) in [7, 11) is -3.24. The maximum Gasteiger partial charge on any atom is 0.405 e. The van der Waals surface area contributed by atoms with Crippen LogP contribution in [0.25, 0.3) is 0 Å². The summed E-state index contributed by atoms with van der Waals surface area (Å²) < 4.78 is 61.2. The van der Waals surface area contributed by atoms with Crippen molar-refractivity contribution in [1.29, 1.82) is 0 Å². The van der Waals surface area contributed by atoms with Crippen molar-refractivity contribution in [2.24, 2.45) is 0 Å². The molecule has 1 aliphatic heterocycles. The van der Waals surface area contributed by atoms with Crippen LogP contribution in [-0.2, 0) is 14.6 Å². The van der Waals surface area contributed by atoms with Gasteiger partial charge in [0.2, 0.25) is 5.91 Å². The van der Waals surface area contributed by atoms with Gasteiger partial charge in [0.25, 0.3) is 5.91 Å². The summed E-state index contributed by atoms with van der Waals surface area (Å²) in [5.41, 5.74) is 0.685. The van der Waals surface area contributed by atoms with Crippen molar-refractivity contribution in [2.45, 2.75) is 18.6 Å². The molecule has 2 N–H and O–H groups in total. The summed E-state index contributed by atoms with van der Waals surface area (Å²) >= 11 is 0. The highest BCUT2D eigenvalue weighted by Crippen LogP contribution is 2.25. The summed E-state index contributed by atoms with van der Waals surface area (Å²) in [4.78, 5) is 26.7. The van der Waals surface area contributed by atoms with Crippen LogP contribution in [0.15, 0.2) is 54.6 Å². The fraction of sp³-hybridized carbons (Fsp3) is 0.333. The summed E-state index contributed by atoms with van der Waals surface area (Å²) in [5.74, 6) is -1.52. The number of sulfone groups is 1. The molecule has 1 fully saturated rings. The maximum atomic E-state index is 13.1. The number of carbonyl (C=O) groups is 2. The minimum absolute atomic E-state index is 0.0100. The molecule has 0 bridgehead atoms. The van der Waals surface area contributed by atoms with E-state index in [9.17, 15) is 31.2 Å². The minimum Gasteiger partial charge on any atom is -0.375 e. The van der Waals surface area contributed by atoms with Crippen molar-refractivity contribution in [3.63, 3.8) is 0 Å². The van der Waals surface area contributed by atoms with E-state index >= 15 is 0 Å². The number of alkyl halides is 3. The lowest BCUT2D eigenvalue weighted by Crippen LogP contribution is -2.44. The second-order valence-electron chi connectivity index (χ2n) is 7.35. The first kappa shape index (κ1) is 23.6. The Morgan fingerprint density at radius 3 is 2.31 bits per heavy atom. The van der Waals surface area contributed by atoms with Gasteiger partial charge in [-0.15, -0.1) is 0 Å². The van der Waals surface area contributed by atoms with E-state index in [-0.39, 0.29) is 29.3 Å². The first-order valence-corrected chi connectivity index (χ1v) is 11.6. The van der Waals surface area contributed by atoms with Crippen molar-refractivity contribution in [2.75, 3.05) is 34.8 Å². The van der Waals surface area contributed by atoms with Crippen LogP contribution in [-0.4, -0.2) is 57.0 Å². The van der Waals surface area contributed by atoms with Crippen molar-refractivity contribution < 1.29 is 31.2 Å². The number of benzene rings is 2. The highest BCUT2D eigenvalue weighted by atomic mass is 32.2.